The Morgan fingerprint density at radius 2 is 2.42 bits per heavy atom. The predicted octanol–water partition coefficient (Wildman–Crippen LogP) is 3.80. The largest absolute Gasteiger partial charge is 0.461 e. The van der Waals surface area contributed by atoms with Crippen LogP contribution >= 0.6 is 11.3 Å². The first kappa shape index (κ1) is 17.0. The smallest absolute Gasteiger partial charge is 0.318 e. The van der Waals surface area contributed by atoms with E-state index in [0.717, 1.165) is 41.6 Å². The summed E-state index contributed by atoms with van der Waals surface area (Å²) in [7, 11) is 1.64. The number of carbonyl (C=O) groups is 1. The molecule has 3 heterocycles. The molecule has 2 aromatic heterocycles. The number of likely N-dealkylation sites (tertiary alicyclic amines) is 1. The van der Waals surface area contributed by atoms with Gasteiger partial charge >= 0.3 is 6.03 Å². The van der Waals surface area contributed by atoms with Crippen molar-refractivity contribution in [3.8, 4) is 0 Å². The molecule has 1 saturated heterocycles. The molecule has 0 unspecified atom stereocenters. The lowest BCUT2D eigenvalue weighted by Crippen LogP contribution is -2.40. The lowest BCUT2D eigenvalue weighted by Gasteiger charge is -2.25. The van der Waals surface area contributed by atoms with Gasteiger partial charge in [0.25, 0.3) is 0 Å². The highest BCUT2D eigenvalue weighted by molar-refractivity contribution is 7.09. The fourth-order valence-corrected chi connectivity index (χ4v) is 3.80. The van der Waals surface area contributed by atoms with Gasteiger partial charge in [0.15, 0.2) is 0 Å². The molecule has 3 rings (SSSR count). The maximum atomic E-state index is 12.7. The van der Waals surface area contributed by atoms with Gasteiger partial charge in [-0.05, 0) is 38.8 Å². The molecule has 0 radical (unpaired) electrons. The van der Waals surface area contributed by atoms with Crippen molar-refractivity contribution in [2.45, 2.75) is 45.4 Å². The van der Waals surface area contributed by atoms with Gasteiger partial charge in [0, 0.05) is 24.7 Å². The quantitative estimate of drug-likeness (QED) is 0.891. The maximum Gasteiger partial charge on any atom is 0.318 e. The summed E-state index contributed by atoms with van der Waals surface area (Å²) in [5, 5.41) is 5.98. The zero-order chi connectivity index (χ0) is 17.1. The van der Waals surface area contributed by atoms with Crippen molar-refractivity contribution in [2.75, 3.05) is 13.7 Å². The normalized spacial score (nSPS) is 18.8. The first-order valence-corrected chi connectivity index (χ1v) is 9.03. The van der Waals surface area contributed by atoms with E-state index in [1.54, 1.807) is 18.4 Å². The molecule has 24 heavy (non-hydrogen) atoms. The van der Waals surface area contributed by atoms with Gasteiger partial charge in [0.2, 0.25) is 0 Å². The molecule has 6 nitrogen and oxygen atoms in total. The lowest BCUT2D eigenvalue weighted by molar-refractivity contribution is 0.155. The Morgan fingerprint density at radius 3 is 3.12 bits per heavy atom. The van der Waals surface area contributed by atoms with Gasteiger partial charge in [-0.1, -0.05) is 0 Å². The summed E-state index contributed by atoms with van der Waals surface area (Å²) >= 11 is 1.57. The molecular formula is C17H23N3O3S. The zero-order valence-corrected chi connectivity index (χ0v) is 15.1. The summed E-state index contributed by atoms with van der Waals surface area (Å²) in [4.78, 5) is 19.0. The van der Waals surface area contributed by atoms with Crippen molar-refractivity contribution in [3.63, 3.8) is 0 Å². The van der Waals surface area contributed by atoms with E-state index in [4.69, 9.17) is 9.15 Å². The minimum Gasteiger partial charge on any atom is -0.461 e. The molecule has 1 aliphatic heterocycles. The third-order valence-electron chi connectivity index (χ3n) is 4.16. The minimum atomic E-state index is -0.0990. The average molecular weight is 349 g/mol. The van der Waals surface area contributed by atoms with E-state index >= 15 is 0 Å². The molecule has 130 valence electrons. The van der Waals surface area contributed by atoms with Gasteiger partial charge in [-0.25, -0.2) is 9.78 Å². The van der Waals surface area contributed by atoms with Crippen LogP contribution in [-0.4, -0.2) is 29.6 Å². The SMILES string of the molecule is COCc1ccc([C@H]2CCCN2C(=O)N[C@H](C)c2nc(C)cs2)o1. The second-order valence-electron chi connectivity index (χ2n) is 6.09. The highest BCUT2D eigenvalue weighted by Gasteiger charge is 2.33. The van der Waals surface area contributed by atoms with Crippen LogP contribution in [0.5, 0.6) is 0 Å². The van der Waals surface area contributed by atoms with Crippen molar-refractivity contribution < 1.29 is 13.9 Å². The number of rotatable bonds is 5. The van der Waals surface area contributed by atoms with Crippen LogP contribution < -0.4 is 5.32 Å². The van der Waals surface area contributed by atoms with E-state index in [2.05, 4.69) is 10.3 Å². The van der Waals surface area contributed by atoms with Crippen LogP contribution in [0, 0.1) is 6.92 Å². The second-order valence-corrected chi connectivity index (χ2v) is 6.98. The number of nitrogens with one attached hydrogen (secondary N) is 1. The van der Waals surface area contributed by atoms with Crippen molar-refractivity contribution in [3.05, 3.63) is 39.7 Å². The summed E-state index contributed by atoms with van der Waals surface area (Å²) in [5.74, 6) is 1.61. The number of methoxy groups -OCH3 is 1. The van der Waals surface area contributed by atoms with Gasteiger partial charge in [-0.3, -0.25) is 0 Å². The Balaban J connectivity index is 1.66. The number of hydrogen-bond acceptors (Lipinski definition) is 5. The third kappa shape index (κ3) is 3.62. The molecule has 7 heteroatoms. The number of hydrogen-bond donors (Lipinski definition) is 1. The molecule has 2 amide bonds. The summed E-state index contributed by atoms with van der Waals surface area (Å²) in [5.41, 5.74) is 0.983. The van der Waals surface area contributed by atoms with E-state index in [9.17, 15) is 4.79 Å². The van der Waals surface area contributed by atoms with Gasteiger partial charge in [0.05, 0.1) is 12.1 Å². The summed E-state index contributed by atoms with van der Waals surface area (Å²) in [6.07, 6.45) is 1.89. The molecule has 0 aromatic carbocycles. The Hall–Kier alpha value is -1.86. The summed E-state index contributed by atoms with van der Waals surface area (Å²) in [6, 6.07) is 3.67. The highest BCUT2D eigenvalue weighted by atomic mass is 32.1. The molecule has 0 aliphatic carbocycles. The van der Waals surface area contributed by atoms with Gasteiger partial charge in [-0.15, -0.1) is 11.3 Å². The van der Waals surface area contributed by atoms with Crippen LogP contribution in [0.25, 0.3) is 0 Å². The topological polar surface area (TPSA) is 67.6 Å². The predicted molar refractivity (Wildman–Crippen MR) is 91.9 cm³/mol. The first-order chi connectivity index (χ1) is 11.6. The molecule has 1 aliphatic rings. The van der Waals surface area contributed by atoms with Gasteiger partial charge < -0.3 is 19.4 Å². The van der Waals surface area contributed by atoms with E-state index < -0.39 is 0 Å². The Labute approximate surface area is 145 Å². The van der Waals surface area contributed by atoms with Crippen LogP contribution in [0.15, 0.2) is 21.9 Å². The maximum absolute atomic E-state index is 12.7. The third-order valence-corrected chi connectivity index (χ3v) is 5.30. The van der Waals surface area contributed by atoms with Crippen LogP contribution in [0.1, 0.15) is 54.1 Å². The number of ether oxygens (including phenoxy) is 1. The van der Waals surface area contributed by atoms with Crippen molar-refractivity contribution in [2.24, 2.45) is 0 Å². The minimum absolute atomic E-state index is 0.0131. The fourth-order valence-electron chi connectivity index (χ4n) is 3.00. The van der Waals surface area contributed by atoms with Crippen LogP contribution in [-0.2, 0) is 11.3 Å². The average Bonchev–Trinajstić information content (AvgIpc) is 3.26. The molecule has 0 saturated carbocycles. The van der Waals surface area contributed by atoms with E-state index in [1.807, 2.05) is 36.3 Å². The summed E-state index contributed by atoms with van der Waals surface area (Å²) < 4.78 is 10.9. The Bertz CT molecular complexity index is 697. The standard InChI is InChI=1S/C17H23N3O3S/c1-11-10-24-16(18-11)12(2)19-17(21)20-8-4-5-14(20)15-7-6-13(23-15)9-22-3/h6-7,10,12,14H,4-5,8-9H2,1-3H3,(H,19,21)/t12-,14-/m1/s1. The van der Waals surface area contributed by atoms with Crippen molar-refractivity contribution in [1.29, 1.82) is 0 Å². The van der Waals surface area contributed by atoms with Gasteiger partial charge in [-0.2, -0.15) is 0 Å². The van der Waals surface area contributed by atoms with Gasteiger partial charge in [0.1, 0.15) is 23.1 Å². The fraction of sp³-hybridized carbons (Fsp3) is 0.529. The van der Waals surface area contributed by atoms with Crippen molar-refractivity contribution in [1.82, 2.24) is 15.2 Å². The van der Waals surface area contributed by atoms with Crippen LogP contribution in [0.2, 0.25) is 0 Å². The number of nitrogens with zero attached hydrogens (tertiary/aromatic N) is 2. The Morgan fingerprint density at radius 1 is 1.58 bits per heavy atom. The van der Waals surface area contributed by atoms with E-state index in [1.165, 1.54) is 0 Å². The van der Waals surface area contributed by atoms with Crippen LogP contribution in [0.3, 0.4) is 0 Å². The molecule has 1 fully saturated rings. The van der Waals surface area contributed by atoms with Crippen LogP contribution in [0.4, 0.5) is 4.79 Å². The number of thiazole rings is 1. The molecule has 2 atom stereocenters. The Kier molecular flexibility index (Phi) is 5.20. The molecule has 2 aromatic rings. The van der Waals surface area contributed by atoms with E-state index in [-0.39, 0.29) is 18.1 Å². The zero-order valence-electron chi connectivity index (χ0n) is 14.2. The van der Waals surface area contributed by atoms with E-state index in [0.29, 0.717) is 6.61 Å². The van der Waals surface area contributed by atoms with Crippen molar-refractivity contribution >= 4 is 17.4 Å². The molecule has 0 bridgehead atoms. The monoisotopic (exact) mass is 349 g/mol. The number of aromatic nitrogens is 1. The summed E-state index contributed by atoms with van der Waals surface area (Å²) in [6.45, 7) is 5.10. The first-order valence-electron chi connectivity index (χ1n) is 8.15. The number of urea groups is 1. The number of aryl methyl sites for hydroxylation is 1. The second kappa shape index (κ2) is 7.36. The lowest BCUT2D eigenvalue weighted by atomic mass is 10.2. The molecule has 0 spiro atoms. The highest BCUT2D eigenvalue weighted by Crippen LogP contribution is 2.33. The molecule has 1 N–H and O–H groups in total. The number of amides is 2. The molecular weight excluding hydrogens is 326 g/mol. The number of furan rings is 1. The number of carbonyl (C=O) groups excluding carboxylic acids is 1.